The minimum atomic E-state index is -2.87. The fourth-order valence-corrected chi connectivity index (χ4v) is 4.56. The van der Waals surface area contributed by atoms with E-state index < -0.39 is 9.84 Å². The molecule has 1 aromatic carbocycles. The highest BCUT2D eigenvalue weighted by molar-refractivity contribution is 14.0. The lowest BCUT2D eigenvalue weighted by Gasteiger charge is -2.19. The molecule has 0 aliphatic carbocycles. The highest BCUT2D eigenvalue weighted by atomic mass is 127. The lowest BCUT2D eigenvalue weighted by Crippen LogP contribution is -2.44. The molecule has 1 saturated heterocycles. The molecule has 0 spiro atoms. The molecular formula is C18H31IN4O2S. The van der Waals surface area contributed by atoms with Crippen molar-refractivity contribution < 1.29 is 8.42 Å². The number of anilines is 1. The van der Waals surface area contributed by atoms with E-state index in [1.54, 1.807) is 0 Å². The van der Waals surface area contributed by atoms with Crippen molar-refractivity contribution in [1.29, 1.82) is 0 Å². The largest absolute Gasteiger partial charge is 0.375 e. The van der Waals surface area contributed by atoms with Gasteiger partial charge in [-0.2, -0.15) is 0 Å². The average Bonchev–Trinajstić information content (AvgIpc) is 2.94. The van der Waals surface area contributed by atoms with Gasteiger partial charge in [0.2, 0.25) is 0 Å². The molecule has 26 heavy (non-hydrogen) atoms. The van der Waals surface area contributed by atoms with Gasteiger partial charge in [0.05, 0.1) is 11.5 Å². The monoisotopic (exact) mass is 494 g/mol. The molecule has 0 saturated carbocycles. The fraction of sp³-hybridized carbons (Fsp3) is 0.611. The summed E-state index contributed by atoms with van der Waals surface area (Å²) in [5.74, 6) is 1.20. The molecule has 1 aliphatic heterocycles. The lowest BCUT2D eigenvalue weighted by atomic mass is 10.2. The average molecular weight is 494 g/mol. The Kier molecular flexibility index (Phi) is 10.3. The maximum Gasteiger partial charge on any atom is 0.191 e. The van der Waals surface area contributed by atoms with Gasteiger partial charge in [-0.05, 0) is 38.3 Å². The third-order valence-electron chi connectivity index (χ3n) is 4.29. The smallest absolute Gasteiger partial charge is 0.191 e. The highest BCUT2D eigenvalue weighted by Crippen LogP contribution is 2.12. The lowest BCUT2D eigenvalue weighted by molar-refractivity contribution is 0.599. The van der Waals surface area contributed by atoms with E-state index in [1.165, 1.54) is 5.69 Å². The van der Waals surface area contributed by atoms with Crippen molar-refractivity contribution in [3.05, 3.63) is 30.3 Å². The summed E-state index contributed by atoms with van der Waals surface area (Å²) < 4.78 is 23.1. The van der Waals surface area contributed by atoms with E-state index in [2.05, 4.69) is 39.7 Å². The molecule has 0 radical (unpaired) electrons. The molecule has 2 N–H and O–H groups in total. The van der Waals surface area contributed by atoms with Crippen molar-refractivity contribution in [2.45, 2.75) is 32.2 Å². The van der Waals surface area contributed by atoms with Gasteiger partial charge in [-0.15, -0.1) is 24.0 Å². The Bertz CT molecular complexity index is 652. The zero-order valence-electron chi connectivity index (χ0n) is 15.6. The highest BCUT2D eigenvalue weighted by Gasteiger charge is 2.28. The van der Waals surface area contributed by atoms with Crippen LogP contribution in [0.3, 0.4) is 0 Å². The number of para-hydroxylation sites is 1. The van der Waals surface area contributed by atoms with E-state index in [9.17, 15) is 8.42 Å². The normalized spacial score (nSPS) is 18.8. The van der Waals surface area contributed by atoms with Gasteiger partial charge in [0.1, 0.15) is 0 Å². The summed E-state index contributed by atoms with van der Waals surface area (Å²) in [6.45, 7) is 4.50. The second-order valence-corrected chi connectivity index (χ2v) is 8.70. The van der Waals surface area contributed by atoms with Crippen LogP contribution >= 0.6 is 24.0 Å². The van der Waals surface area contributed by atoms with Crippen molar-refractivity contribution in [3.63, 3.8) is 0 Å². The van der Waals surface area contributed by atoms with E-state index in [0.717, 1.165) is 38.4 Å². The maximum atomic E-state index is 11.6. The van der Waals surface area contributed by atoms with E-state index in [4.69, 9.17) is 0 Å². The first-order valence-corrected chi connectivity index (χ1v) is 10.8. The number of guanidine groups is 1. The number of hydrogen-bond donors (Lipinski definition) is 2. The van der Waals surface area contributed by atoms with Crippen LogP contribution < -0.4 is 15.5 Å². The first-order chi connectivity index (χ1) is 12.0. The topological polar surface area (TPSA) is 73.8 Å². The first kappa shape index (κ1) is 23.0. The van der Waals surface area contributed by atoms with Crippen LogP contribution in [0.5, 0.6) is 0 Å². The Morgan fingerprint density at radius 1 is 1.27 bits per heavy atom. The van der Waals surface area contributed by atoms with Crippen LogP contribution in [0.25, 0.3) is 0 Å². The van der Waals surface area contributed by atoms with Crippen LogP contribution in [0.4, 0.5) is 5.69 Å². The van der Waals surface area contributed by atoms with Gasteiger partial charge in [0, 0.05) is 38.4 Å². The summed E-state index contributed by atoms with van der Waals surface area (Å²) in [4.78, 5) is 6.82. The number of hydrogen-bond acceptors (Lipinski definition) is 4. The molecular weight excluding hydrogens is 463 g/mol. The number of unbranched alkanes of at least 4 members (excludes halogenated alkanes) is 1. The van der Waals surface area contributed by atoms with E-state index in [0.29, 0.717) is 6.42 Å². The standard InChI is InChI=1S/C18H30N4O2S.HI/c1-3-19-18(21-16-11-14-25(23,24)15-16)20-12-7-8-13-22(2)17-9-5-4-6-10-17;/h4-6,9-10,16H,3,7-8,11-15H2,1-2H3,(H2,19,20,21);1H. The van der Waals surface area contributed by atoms with Crippen LogP contribution in [0.15, 0.2) is 35.3 Å². The van der Waals surface area contributed by atoms with Crippen LogP contribution in [0.2, 0.25) is 0 Å². The Hall–Kier alpha value is -1.03. The number of nitrogens with zero attached hydrogens (tertiary/aromatic N) is 2. The number of nitrogens with one attached hydrogen (secondary N) is 2. The van der Waals surface area contributed by atoms with Crippen LogP contribution in [0.1, 0.15) is 26.2 Å². The van der Waals surface area contributed by atoms with Gasteiger partial charge < -0.3 is 15.5 Å². The predicted molar refractivity (Wildman–Crippen MR) is 121 cm³/mol. The summed E-state index contributed by atoms with van der Waals surface area (Å²) in [6.07, 6.45) is 2.72. The molecule has 6 nitrogen and oxygen atoms in total. The zero-order chi connectivity index (χ0) is 18.1. The van der Waals surface area contributed by atoms with Gasteiger partial charge in [-0.1, -0.05) is 18.2 Å². The molecule has 0 aromatic heterocycles. The maximum absolute atomic E-state index is 11.6. The molecule has 1 atom stereocenters. The Balaban J connectivity index is 0.00000338. The van der Waals surface area contributed by atoms with E-state index in [1.807, 2.05) is 25.1 Å². The quantitative estimate of drug-likeness (QED) is 0.251. The first-order valence-electron chi connectivity index (χ1n) is 9.01. The van der Waals surface area contributed by atoms with Gasteiger partial charge in [0.15, 0.2) is 15.8 Å². The third-order valence-corrected chi connectivity index (χ3v) is 6.05. The molecule has 1 fully saturated rings. The molecule has 0 bridgehead atoms. The van der Waals surface area contributed by atoms with Gasteiger partial charge in [-0.3, -0.25) is 4.99 Å². The van der Waals surface area contributed by atoms with Crippen LogP contribution in [-0.4, -0.2) is 58.6 Å². The van der Waals surface area contributed by atoms with Crippen LogP contribution in [-0.2, 0) is 9.84 Å². The SMILES string of the molecule is CCNC(=NCCCCN(C)c1ccccc1)NC1CCS(=O)(=O)C1.I. The molecule has 1 aromatic rings. The number of aliphatic imine (C=N–C) groups is 1. The molecule has 0 amide bonds. The number of rotatable bonds is 8. The van der Waals surface area contributed by atoms with Crippen LogP contribution in [0, 0.1) is 0 Å². The summed E-state index contributed by atoms with van der Waals surface area (Å²) in [7, 11) is -0.770. The fourth-order valence-electron chi connectivity index (χ4n) is 2.89. The van der Waals surface area contributed by atoms with E-state index in [-0.39, 0.29) is 41.5 Å². The zero-order valence-corrected chi connectivity index (χ0v) is 18.8. The van der Waals surface area contributed by atoms with Crippen molar-refractivity contribution in [2.24, 2.45) is 4.99 Å². The minimum absolute atomic E-state index is 0. The van der Waals surface area contributed by atoms with Gasteiger partial charge in [0.25, 0.3) is 0 Å². The summed E-state index contributed by atoms with van der Waals surface area (Å²) in [5, 5.41) is 6.44. The molecule has 8 heteroatoms. The third kappa shape index (κ3) is 8.11. The second-order valence-electron chi connectivity index (χ2n) is 6.47. The van der Waals surface area contributed by atoms with E-state index >= 15 is 0 Å². The molecule has 1 unspecified atom stereocenters. The Labute approximate surface area is 174 Å². The second kappa shape index (κ2) is 11.6. The summed E-state index contributed by atoms with van der Waals surface area (Å²) in [6, 6.07) is 10.3. The van der Waals surface area contributed by atoms with Gasteiger partial charge >= 0.3 is 0 Å². The predicted octanol–water partition coefficient (Wildman–Crippen LogP) is 2.26. The summed E-state index contributed by atoms with van der Waals surface area (Å²) in [5.41, 5.74) is 1.23. The van der Waals surface area contributed by atoms with Crippen molar-refractivity contribution >= 4 is 45.5 Å². The number of halogens is 1. The van der Waals surface area contributed by atoms with Gasteiger partial charge in [-0.25, -0.2) is 8.42 Å². The molecule has 1 heterocycles. The summed E-state index contributed by atoms with van der Waals surface area (Å²) >= 11 is 0. The molecule has 1 aliphatic rings. The number of sulfone groups is 1. The molecule has 2 rings (SSSR count). The Morgan fingerprint density at radius 2 is 2.00 bits per heavy atom. The Morgan fingerprint density at radius 3 is 2.62 bits per heavy atom. The van der Waals surface area contributed by atoms with Crippen molar-refractivity contribution in [3.8, 4) is 0 Å². The minimum Gasteiger partial charge on any atom is -0.375 e. The molecule has 148 valence electrons. The number of benzene rings is 1. The van der Waals surface area contributed by atoms with Crippen molar-refractivity contribution in [2.75, 3.05) is 43.1 Å². The van der Waals surface area contributed by atoms with Crippen molar-refractivity contribution in [1.82, 2.24) is 10.6 Å².